The van der Waals surface area contributed by atoms with E-state index in [9.17, 15) is 18.0 Å². The van der Waals surface area contributed by atoms with Crippen LogP contribution in [0.15, 0.2) is 24.3 Å². The topological polar surface area (TPSA) is 29.1 Å². The molecule has 1 N–H and O–H groups in total. The number of ketones is 1. The van der Waals surface area contributed by atoms with Crippen LogP contribution in [0.2, 0.25) is 5.02 Å². The van der Waals surface area contributed by atoms with Crippen molar-refractivity contribution in [1.29, 1.82) is 0 Å². The second kappa shape index (κ2) is 6.91. The quantitative estimate of drug-likeness (QED) is 0.871. The molecule has 0 heterocycles. The summed E-state index contributed by atoms with van der Waals surface area (Å²) in [7, 11) is 0. The zero-order chi connectivity index (χ0) is 14.5. The van der Waals surface area contributed by atoms with E-state index in [-0.39, 0.29) is 12.3 Å². The predicted octanol–water partition coefficient (Wildman–Crippen LogP) is 3.38. The van der Waals surface area contributed by atoms with Gasteiger partial charge in [-0.3, -0.25) is 4.79 Å². The van der Waals surface area contributed by atoms with Gasteiger partial charge < -0.3 is 5.32 Å². The standard InChI is InChI=1S/C13H15ClF3NO/c1-9(19)12(18-7-6-13(15,16)17)8-10-2-4-11(14)5-3-10/h2-5,12,18H,6-8H2,1H3/t12-/m1/s1. The highest BCUT2D eigenvalue weighted by molar-refractivity contribution is 6.30. The van der Waals surface area contributed by atoms with Crippen LogP contribution >= 0.6 is 11.6 Å². The fourth-order valence-electron chi connectivity index (χ4n) is 1.60. The lowest BCUT2D eigenvalue weighted by molar-refractivity contribution is -0.134. The Bertz CT molecular complexity index is 417. The zero-order valence-corrected chi connectivity index (χ0v) is 11.2. The van der Waals surface area contributed by atoms with Crippen LogP contribution in [0.3, 0.4) is 0 Å². The van der Waals surface area contributed by atoms with E-state index in [0.29, 0.717) is 11.4 Å². The van der Waals surface area contributed by atoms with E-state index in [1.807, 2.05) is 0 Å². The van der Waals surface area contributed by atoms with Crippen LogP contribution in [-0.4, -0.2) is 24.5 Å². The van der Waals surface area contributed by atoms with Gasteiger partial charge >= 0.3 is 6.18 Å². The summed E-state index contributed by atoms with van der Waals surface area (Å²) in [6.07, 6.45) is -4.81. The molecule has 19 heavy (non-hydrogen) atoms. The van der Waals surface area contributed by atoms with Gasteiger partial charge in [0.25, 0.3) is 0 Å². The maximum absolute atomic E-state index is 12.0. The number of halogens is 4. The lowest BCUT2D eigenvalue weighted by Gasteiger charge is -2.16. The highest BCUT2D eigenvalue weighted by atomic mass is 35.5. The van der Waals surface area contributed by atoms with Crippen molar-refractivity contribution in [3.8, 4) is 0 Å². The molecule has 0 amide bonds. The maximum Gasteiger partial charge on any atom is 0.390 e. The molecule has 0 unspecified atom stereocenters. The molecule has 106 valence electrons. The highest BCUT2D eigenvalue weighted by Crippen LogP contribution is 2.18. The Hall–Kier alpha value is -1.07. The van der Waals surface area contributed by atoms with Crippen LogP contribution in [0.5, 0.6) is 0 Å². The van der Waals surface area contributed by atoms with E-state index in [1.54, 1.807) is 24.3 Å². The summed E-state index contributed by atoms with van der Waals surface area (Å²) in [6.45, 7) is 1.10. The summed E-state index contributed by atoms with van der Waals surface area (Å²) in [6, 6.07) is 6.27. The third kappa shape index (κ3) is 6.59. The molecule has 0 bridgehead atoms. The summed E-state index contributed by atoms with van der Waals surface area (Å²) in [5.74, 6) is -0.183. The fraction of sp³-hybridized carbons (Fsp3) is 0.462. The second-order valence-corrected chi connectivity index (χ2v) is 4.75. The van der Waals surface area contributed by atoms with E-state index in [4.69, 9.17) is 11.6 Å². The molecule has 0 radical (unpaired) electrons. The number of hydrogen-bond donors (Lipinski definition) is 1. The molecule has 0 aromatic heterocycles. The summed E-state index contributed by atoms with van der Waals surface area (Å²) >= 11 is 5.74. The van der Waals surface area contributed by atoms with E-state index >= 15 is 0 Å². The molecule has 2 nitrogen and oxygen atoms in total. The van der Waals surface area contributed by atoms with E-state index < -0.39 is 18.6 Å². The first-order valence-electron chi connectivity index (χ1n) is 5.83. The SMILES string of the molecule is CC(=O)[C@@H](Cc1ccc(Cl)cc1)NCCC(F)(F)F. The van der Waals surface area contributed by atoms with E-state index in [1.165, 1.54) is 6.92 Å². The number of Topliss-reactive ketones (excluding diaryl/α,β-unsaturated/α-hetero) is 1. The summed E-state index contributed by atoms with van der Waals surface area (Å²) in [5.41, 5.74) is 0.851. The van der Waals surface area contributed by atoms with Crippen molar-refractivity contribution >= 4 is 17.4 Å². The zero-order valence-electron chi connectivity index (χ0n) is 10.4. The Morgan fingerprint density at radius 3 is 2.37 bits per heavy atom. The van der Waals surface area contributed by atoms with Gasteiger partial charge in [-0.05, 0) is 31.0 Å². The van der Waals surface area contributed by atoms with Crippen LogP contribution < -0.4 is 5.32 Å². The Morgan fingerprint density at radius 1 is 1.32 bits per heavy atom. The lowest BCUT2D eigenvalue weighted by atomic mass is 10.0. The number of nitrogens with one attached hydrogen (secondary N) is 1. The van der Waals surface area contributed by atoms with Gasteiger partial charge in [-0.15, -0.1) is 0 Å². The number of carbonyl (C=O) groups excluding carboxylic acids is 1. The van der Waals surface area contributed by atoms with Gasteiger partial charge in [-0.25, -0.2) is 0 Å². The first kappa shape index (κ1) is 16.0. The first-order chi connectivity index (χ1) is 8.78. The molecule has 6 heteroatoms. The molecule has 1 aromatic rings. The smallest absolute Gasteiger partial charge is 0.307 e. The van der Waals surface area contributed by atoms with Gasteiger partial charge in [-0.1, -0.05) is 23.7 Å². The summed E-state index contributed by atoms with van der Waals surface area (Å²) < 4.78 is 36.1. The van der Waals surface area contributed by atoms with Crippen molar-refractivity contribution in [2.75, 3.05) is 6.54 Å². The number of hydrogen-bond acceptors (Lipinski definition) is 2. The van der Waals surface area contributed by atoms with Gasteiger partial charge in [0.2, 0.25) is 0 Å². The number of benzene rings is 1. The Morgan fingerprint density at radius 2 is 1.89 bits per heavy atom. The van der Waals surface area contributed by atoms with Crippen LogP contribution in [0.1, 0.15) is 18.9 Å². The normalized spacial score (nSPS) is 13.3. The Balaban J connectivity index is 2.53. The van der Waals surface area contributed by atoms with Crippen molar-refractivity contribution < 1.29 is 18.0 Å². The highest BCUT2D eigenvalue weighted by Gasteiger charge is 2.27. The van der Waals surface area contributed by atoms with Crippen molar-refractivity contribution in [2.45, 2.75) is 32.0 Å². The van der Waals surface area contributed by atoms with E-state index in [2.05, 4.69) is 5.32 Å². The third-order valence-corrected chi connectivity index (χ3v) is 2.89. The van der Waals surface area contributed by atoms with Crippen LogP contribution in [0.25, 0.3) is 0 Å². The molecule has 1 aromatic carbocycles. The van der Waals surface area contributed by atoms with Crippen LogP contribution in [0, 0.1) is 0 Å². The minimum absolute atomic E-state index is 0.183. The molecule has 0 aliphatic heterocycles. The average molecular weight is 294 g/mol. The molecular formula is C13H15ClF3NO. The minimum Gasteiger partial charge on any atom is -0.307 e. The molecular weight excluding hydrogens is 279 g/mol. The number of carbonyl (C=O) groups is 1. The third-order valence-electron chi connectivity index (χ3n) is 2.64. The lowest BCUT2D eigenvalue weighted by Crippen LogP contribution is -2.39. The molecule has 1 atom stereocenters. The largest absolute Gasteiger partial charge is 0.390 e. The summed E-state index contributed by atoms with van der Waals surface area (Å²) in [4.78, 5) is 11.4. The van der Waals surface area contributed by atoms with Gasteiger partial charge in [0, 0.05) is 11.6 Å². The maximum atomic E-state index is 12.0. The molecule has 0 saturated carbocycles. The molecule has 0 spiro atoms. The molecule has 0 aliphatic carbocycles. The second-order valence-electron chi connectivity index (χ2n) is 4.31. The molecule has 0 aliphatic rings. The van der Waals surface area contributed by atoms with Crippen molar-refractivity contribution in [3.05, 3.63) is 34.9 Å². The van der Waals surface area contributed by atoms with Crippen molar-refractivity contribution in [3.63, 3.8) is 0 Å². The minimum atomic E-state index is -4.21. The van der Waals surface area contributed by atoms with E-state index in [0.717, 1.165) is 5.56 Å². The fourth-order valence-corrected chi connectivity index (χ4v) is 1.73. The molecule has 1 rings (SSSR count). The van der Waals surface area contributed by atoms with Crippen molar-refractivity contribution in [1.82, 2.24) is 5.32 Å². The van der Waals surface area contributed by atoms with Gasteiger partial charge in [-0.2, -0.15) is 13.2 Å². The van der Waals surface area contributed by atoms with Gasteiger partial charge in [0.1, 0.15) is 5.78 Å². The first-order valence-corrected chi connectivity index (χ1v) is 6.21. The van der Waals surface area contributed by atoms with Crippen molar-refractivity contribution in [2.24, 2.45) is 0 Å². The van der Waals surface area contributed by atoms with Gasteiger partial charge in [0.05, 0.1) is 12.5 Å². The molecule has 0 fully saturated rings. The monoisotopic (exact) mass is 293 g/mol. The number of rotatable bonds is 6. The summed E-state index contributed by atoms with van der Waals surface area (Å²) in [5, 5.41) is 3.21. The van der Waals surface area contributed by atoms with Crippen LogP contribution in [0.4, 0.5) is 13.2 Å². The Kier molecular flexibility index (Phi) is 5.82. The predicted molar refractivity (Wildman–Crippen MR) is 68.3 cm³/mol. The average Bonchev–Trinajstić information content (AvgIpc) is 2.28. The molecule has 0 saturated heterocycles. The number of alkyl halides is 3. The Labute approximate surface area is 114 Å². The van der Waals surface area contributed by atoms with Gasteiger partial charge in [0.15, 0.2) is 0 Å². The van der Waals surface area contributed by atoms with Crippen LogP contribution in [-0.2, 0) is 11.2 Å².